The van der Waals surface area contributed by atoms with Crippen molar-refractivity contribution < 1.29 is 8.78 Å². The first-order chi connectivity index (χ1) is 9.93. The van der Waals surface area contributed by atoms with Gasteiger partial charge in [0, 0.05) is 18.2 Å². The van der Waals surface area contributed by atoms with Gasteiger partial charge in [-0.1, -0.05) is 18.5 Å². The van der Waals surface area contributed by atoms with E-state index in [-0.39, 0.29) is 16.5 Å². The van der Waals surface area contributed by atoms with E-state index in [4.69, 9.17) is 11.6 Å². The first-order valence-electron chi connectivity index (χ1n) is 6.85. The van der Waals surface area contributed by atoms with Gasteiger partial charge in [0.15, 0.2) is 0 Å². The van der Waals surface area contributed by atoms with Crippen molar-refractivity contribution in [3.8, 4) is 11.3 Å². The summed E-state index contributed by atoms with van der Waals surface area (Å²) in [6.07, 6.45) is 0.523. The molecule has 0 N–H and O–H groups in total. The van der Waals surface area contributed by atoms with Crippen LogP contribution in [0.4, 0.5) is 8.78 Å². The summed E-state index contributed by atoms with van der Waals surface area (Å²) in [7, 11) is 0. The molecule has 2 nitrogen and oxygen atoms in total. The second kappa shape index (κ2) is 4.95. The molecule has 1 atom stereocenters. The summed E-state index contributed by atoms with van der Waals surface area (Å²) < 4.78 is 29.2. The zero-order valence-electron chi connectivity index (χ0n) is 11.7. The molecule has 0 spiro atoms. The minimum atomic E-state index is -0.637. The predicted octanol–water partition coefficient (Wildman–Crippen LogP) is 4.13. The molecular weight excluding hydrogens is 296 g/mol. The van der Waals surface area contributed by atoms with Crippen LogP contribution in [-0.4, -0.2) is 4.57 Å². The highest BCUT2D eigenvalue weighted by Crippen LogP contribution is 2.41. The molecule has 0 fully saturated rings. The lowest BCUT2D eigenvalue weighted by Crippen LogP contribution is -2.26. The number of hydrogen-bond acceptors (Lipinski definition) is 1. The summed E-state index contributed by atoms with van der Waals surface area (Å²) in [5.74, 6) is -1.19. The van der Waals surface area contributed by atoms with Crippen molar-refractivity contribution in [2.45, 2.75) is 32.7 Å². The van der Waals surface area contributed by atoms with E-state index in [0.29, 0.717) is 29.8 Å². The zero-order valence-corrected chi connectivity index (χ0v) is 12.5. The maximum atomic E-state index is 14.3. The number of nitrogens with zero attached hydrogens (tertiary/aromatic N) is 1. The van der Waals surface area contributed by atoms with Crippen LogP contribution in [0.2, 0.25) is 5.02 Å². The van der Waals surface area contributed by atoms with Crippen LogP contribution in [0.15, 0.2) is 23.0 Å². The molecule has 1 aromatic heterocycles. The second-order valence-corrected chi connectivity index (χ2v) is 5.78. The Balaban J connectivity index is 2.46. The second-order valence-electron chi connectivity index (χ2n) is 5.37. The van der Waals surface area contributed by atoms with Gasteiger partial charge >= 0.3 is 0 Å². The summed E-state index contributed by atoms with van der Waals surface area (Å²) in [5.41, 5.74) is 1.93. The zero-order chi connectivity index (χ0) is 15.3. The van der Waals surface area contributed by atoms with Crippen LogP contribution >= 0.6 is 11.6 Å². The van der Waals surface area contributed by atoms with Crippen LogP contribution in [-0.2, 0) is 13.0 Å². The molecule has 1 unspecified atom stereocenters. The maximum Gasteiger partial charge on any atom is 0.269 e. The van der Waals surface area contributed by atoms with Crippen molar-refractivity contribution in [1.82, 2.24) is 4.57 Å². The fourth-order valence-electron chi connectivity index (χ4n) is 3.10. The molecule has 110 valence electrons. The van der Waals surface area contributed by atoms with Crippen molar-refractivity contribution >= 4 is 11.6 Å². The minimum Gasteiger partial charge on any atom is -0.307 e. The van der Waals surface area contributed by atoms with Crippen molar-refractivity contribution in [3.63, 3.8) is 0 Å². The number of aromatic nitrogens is 1. The van der Waals surface area contributed by atoms with Gasteiger partial charge in [-0.3, -0.25) is 4.79 Å². The van der Waals surface area contributed by atoms with Crippen LogP contribution in [0.25, 0.3) is 11.3 Å². The third-order valence-corrected chi connectivity index (χ3v) is 4.29. The summed E-state index contributed by atoms with van der Waals surface area (Å²) in [5, 5.41) is 0.133. The molecule has 1 aromatic carbocycles. The van der Waals surface area contributed by atoms with Gasteiger partial charge in [-0.25, -0.2) is 8.78 Å². The van der Waals surface area contributed by atoms with Crippen LogP contribution in [0.1, 0.15) is 30.9 Å². The van der Waals surface area contributed by atoms with E-state index >= 15 is 0 Å². The Hall–Kier alpha value is -1.68. The Kier molecular flexibility index (Phi) is 3.36. The number of hydrogen-bond donors (Lipinski definition) is 0. The summed E-state index contributed by atoms with van der Waals surface area (Å²) in [4.78, 5) is 12.2. The van der Waals surface area contributed by atoms with Crippen molar-refractivity contribution in [1.29, 1.82) is 0 Å². The highest BCUT2D eigenvalue weighted by molar-refractivity contribution is 6.30. The molecule has 0 saturated heterocycles. The molecule has 0 aliphatic heterocycles. The third-order valence-electron chi connectivity index (χ3n) is 4.02. The third kappa shape index (κ3) is 2.09. The Morgan fingerprint density at radius 3 is 2.71 bits per heavy atom. The summed E-state index contributed by atoms with van der Waals surface area (Å²) in [6, 6.07) is 3.82. The van der Waals surface area contributed by atoms with Gasteiger partial charge in [0.1, 0.15) is 16.7 Å². The number of fused-ring (bicyclic) bond motifs is 3. The standard InChI is InChI=1S/C16H14ClF2NO/c1-3-20-15-11(7-12(17)16(20)21)8(2)4-9-5-10(18)6-13(19)14(9)15/h5-8H,3-4H2,1-2H3. The normalized spacial score (nSPS) is 16.5. The highest BCUT2D eigenvalue weighted by atomic mass is 35.5. The summed E-state index contributed by atoms with van der Waals surface area (Å²) >= 11 is 6.00. The van der Waals surface area contributed by atoms with Gasteiger partial charge in [0.05, 0.1) is 5.69 Å². The smallest absolute Gasteiger partial charge is 0.269 e. The molecule has 1 heterocycles. The Labute approximate surface area is 126 Å². The fraction of sp³-hybridized carbons (Fsp3) is 0.312. The van der Waals surface area contributed by atoms with Crippen LogP contribution in [0.3, 0.4) is 0 Å². The lowest BCUT2D eigenvalue weighted by molar-refractivity contribution is 0.572. The molecule has 5 heteroatoms. The summed E-state index contributed by atoms with van der Waals surface area (Å²) in [6.45, 7) is 4.15. The van der Waals surface area contributed by atoms with E-state index in [1.165, 1.54) is 10.6 Å². The number of halogens is 3. The first-order valence-corrected chi connectivity index (χ1v) is 7.23. The number of rotatable bonds is 1. The molecular formula is C16H14ClF2NO. The molecule has 0 amide bonds. The van der Waals surface area contributed by atoms with E-state index in [1.54, 1.807) is 13.0 Å². The van der Waals surface area contributed by atoms with Gasteiger partial charge < -0.3 is 4.57 Å². The highest BCUT2D eigenvalue weighted by Gasteiger charge is 2.29. The monoisotopic (exact) mass is 309 g/mol. The van der Waals surface area contributed by atoms with Crippen molar-refractivity contribution in [2.75, 3.05) is 0 Å². The van der Waals surface area contributed by atoms with E-state index < -0.39 is 11.6 Å². The van der Waals surface area contributed by atoms with E-state index in [9.17, 15) is 13.6 Å². The molecule has 1 aliphatic rings. The molecule has 1 aliphatic carbocycles. The first kappa shape index (κ1) is 14.3. The lowest BCUT2D eigenvalue weighted by atomic mass is 9.81. The van der Waals surface area contributed by atoms with Crippen LogP contribution < -0.4 is 5.56 Å². The largest absolute Gasteiger partial charge is 0.307 e. The average Bonchev–Trinajstić information content (AvgIpc) is 2.40. The predicted molar refractivity (Wildman–Crippen MR) is 78.9 cm³/mol. The van der Waals surface area contributed by atoms with Crippen LogP contribution in [0, 0.1) is 11.6 Å². The fourth-order valence-corrected chi connectivity index (χ4v) is 3.32. The molecule has 0 bridgehead atoms. The van der Waals surface area contributed by atoms with E-state index in [1.807, 2.05) is 6.92 Å². The molecule has 0 radical (unpaired) electrons. The van der Waals surface area contributed by atoms with Crippen molar-refractivity contribution in [3.05, 3.63) is 56.3 Å². The maximum absolute atomic E-state index is 14.3. The Bertz CT molecular complexity index is 798. The SMILES string of the molecule is CCn1c2c(cc(Cl)c1=O)C(C)Cc1cc(F)cc(F)c1-2. The Morgan fingerprint density at radius 1 is 1.33 bits per heavy atom. The molecule has 0 saturated carbocycles. The number of pyridine rings is 1. The topological polar surface area (TPSA) is 22.0 Å². The quantitative estimate of drug-likeness (QED) is 0.776. The van der Waals surface area contributed by atoms with Gasteiger partial charge in [0.25, 0.3) is 5.56 Å². The Morgan fingerprint density at radius 2 is 2.05 bits per heavy atom. The minimum absolute atomic E-state index is 0.0459. The van der Waals surface area contributed by atoms with Crippen LogP contribution in [0.5, 0.6) is 0 Å². The van der Waals surface area contributed by atoms with Crippen molar-refractivity contribution in [2.24, 2.45) is 0 Å². The van der Waals surface area contributed by atoms with E-state index in [0.717, 1.165) is 11.6 Å². The van der Waals surface area contributed by atoms with Gasteiger partial charge in [-0.05, 0) is 42.5 Å². The average molecular weight is 310 g/mol. The molecule has 2 aromatic rings. The lowest BCUT2D eigenvalue weighted by Gasteiger charge is -2.28. The van der Waals surface area contributed by atoms with Gasteiger partial charge in [-0.2, -0.15) is 0 Å². The molecule has 3 rings (SSSR count). The van der Waals surface area contributed by atoms with Gasteiger partial charge in [0.2, 0.25) is 0 Å². The van der Waals surface area contributed by atoms with E-state index in [2.05, 4.69) is 0 Å². The van der Waals surface area contributed by atoms with Gasteiger partial charge in [-0.15, -0.1) is 0 Å². The molecule has 21 heavy (non-hydrogen) atoms. The number of benzene rings is 1.